The second kappa shape index (κ2) is 6.06. The van der Waals surface area contributed by atoms with Crippen LogP contribution in [-0.2, 0) is 0 Å². The van der Waals surface area contributed by atoms with Crippen LogP contribution in [0.2, 0.25) is 0 Å². The smallest absolute Gasteiger partial charge is 0.344 e. The van der Waals surface area contributed by atoms with Gasteiger partial charge in [0.15, 0.2) is 0 Å². The number of rotatable bonds is 1. The molecule has 0 fully saturated rings. The summed E-state index contributed by atoms with van der Waals surface area (Å²) in [6, 6.07) is 18.9. The average Bonchev–Trinajstić information content (AvgIpc) is 3.15. The molecule has 7 nitrogen and oxygen atoms in total. The average molecular weight is 410 g/mol. The summed E-state index contributed by atoms with van der Waals surface area (Å²) >= 11 is 0. The molecular formula is C24H14N2O5. The van der Waals surface area contributed by atoms with Crippen molar-refractivity contribution in [2.75, 3.05) is 0 Å². The van der Waals surface area contributed by atoms with Crippen LogP contribution in [0.25, 0.3) is 27.4 Å². The predicted molar refractivity (Wildman–Crippen MR) is 115 cm³/mol. The van der Waals surface area contributed by atoms with Crippen molar-refractivity contribution in [2.45, 2.75) is 6.04 Å². The van der Waals surface area contributed by atoms with Gasteiger partial charge in [-0.15, -0.1) is 0 Å². The van der Waals surface area contributed by atoms with Crippen molar-refractivity contribution in [3.05, 3.63) is 115 Å². The Morgan fingerprint density at radius 3 is 2.19 bits per heavy atom. The summed E-state index contributed by atoms with van der Waals surface area (Å²) in [7, 11) is 0. The summed E-state index contributed by atoms with van der Waals surface area (Å²) in [6.07, 6.45) is 0. The van der Waals surface area contributed by atoms with Gasteiger partial charge in [-0.1, -0.05) is 36.4 Å². The van der Waals surface area contributed by atoms with E-state index in [1.165, 1.54) is 21.5 Å². The van der Waals surface area contributed by atoms with E-state index in [-0.39, 0.29) is 22.1 Å². The van der Waals surface area contributed by atoms with Crippen molar-refractivity contribution in [2.24, 2.45) is 0 Å². The van der Waals surface area contributed by atoms with Crippen molar-refractivity contribution < 1.29 is 9.52 Å². The van der Waals surface area contributed by atoms with Crippen molar-refractivity contribution >= 4 is 21.7 Å². The van der Waals surface area contributed by atoms with Crippen LogP contribution in [0.5, 0.6) is 5.75 Å². The highest BCUT2D eigenvalue weighted by molar-refractivity contribution is 5.89. The summed E-state index contributed by atoms with van der Waals surface area (Å²) in [5, 5.41) is 11.1. The number of hydrogen-bond acceptors (Lipinski definition) is 5. The minimum absolute atomic E-state index is 0.0149. The Morgan fingerprint density at radius 2 is 1.45 bits per heavy atom. The Labute approximate surface area is 173 Å². The summed E-state index contributed by atoms with van der Waals surface area (Å²) in [5.41, 5.74) is -0.139. The van der Waals surface area contributed by atoms with Crippen molar-refractivity contribution in [3.8, 4) is 11.4 Å². The molecule has 1 aliphatic rings. The normalized spacial score (nSPS) is 14.6. The molecule has 0 bridgehead atoms. The number of nitrogens with zero attached hydrogens (tertiary/aromatic N) is 2. The second-order valence-electron chi connectivity index (χ2n) is 7.46. The topological polar surface area (TPSA) is 94.4 Å². The van der Waals surface area contributed by atoms with Gasteiger partial charge in [0, 0.05) is 5.39 Å². The molecule has 31 heavy (non-hydrogen) atoms. The minimum Gasteiger partial charge on any atom is -0.508 e. The first kappa shape index (κ1) is 17.5. The molecule has 6 rings (SSSR count). The van der Waals surface area contributed by atoms with Crippen LogP contribution >= 0.6 is 0 Å². The van der Waals surface area contributed by atoms with Crippen molar-refractivity contribution in [1.82, 2.24) is 9.36 Å². The Hall–Kier alpha value is -4.39. The number of benzene rings is 3. The van der Waals surface area contributed by atoms with Gasteiger partial charge in [0.25, 0.3) is 11.1 Å². The highest BCUT2D eigenvalue weighted by Gasteiger charge is 2.37. The van der Waals surface area contributed by atoms with Crippen molar-refractivity contribution in [1.29, 1.82) is 0 Å². The molecule has 0 radical (unpaired) electrons. The third kappa shape index (κ3) is 2.25. The maximum Gasteiger partial charge on any atom is 0.344 e. The standard InChI is InChI=1S/C24H14N2O5/c27-14-7-5-6-13(12-14)20-19-21(17-10-3-4-11-18(17)31-24(19)30)26-23(29)16-9-2-1-8-15(16)22(28)25(20)26/h1-12,20,27H. The van der Waals surface area contributed by atoms with E-state index in [9.17, 15) is 19.5 Å². The number of fused-ring (bicyclic) bond motifs is 6. The van der Waals surface area contributed by atoms with Crippen LogP contribution in [0.3, 0.4) is 0 Å². The lowest BCUT2D eigenvalue weighted by Crippen LogP contribution is -2.36. The monoisotopic (exact) mass is 410 g/mol. The van der Waals surface area contributed by atoms with Crippen LogP contribution in [0, 0.1) is 0 Å². The lowest BCUT2D eigenvalue weighted by Gasteiger charge is -2.16. The molecular weight excluding hydrogens is 396 g/mol. The fourth-order valence-corrected chi connectivity index (χ4v) is 4.47. The Morgan fingerprint density at radius 1 is 0.774 bits per heavy atom. The molecule has 1 atom stereocenters. The number of para-hydroxylation sites is 1. The number of phenolic OH excluding ortho intramolecular Hbond substituents is 1. The van der Waals surface area contributed by atoms with Gasteiger partial charge >= 0.3 is 5.63 Å². The number of aromatic nitrogens is 2. The van der Waals surface area contributed by atoms with Crippen LogP contribution < -0.4 is 16.7 Å². The van der Waals surface area contributed by atoms with Crippen LogP contribution in [-0.4, -0.2) is 14.5 Å². The lowest BCUT2D eigenvalue weighted by molar-refractivity contribution is 0.471. The van der Waals surface area contributed by atoms with E-state index in [1.807, 2.05) is 0 Å². The van der Waals surface area contributed by atoms with Gasteiger partial charge in [-0.25, -0.2) is 14.2 Å². The molecule has 150 valence electrons. The van der Waals surface area contributed by atoms with Gasteiger partial charge in [-0.2, -0.15) is 0 Å². The molecule has 0 spiro atoms. The lowest BCUT2D eigenvalue weighted by atomic mass is 9.98. The molecule has 0 aliphatic carbocycles. The first-order chi connectivity index (χ1) is 15.1. The minimum atomic E-state index is -0.923. The third-order valence-electron chi connectivity index (χ3n) is 5.74. The zero-order valence-electron chi connectivity index (χ0n) is 16.0. The van der Waals surface area contributed by atoms with E-state index in [2.05, 4.69) is 0 Å². The molecule has 0 amide bonds. The zero-order valence-corrected chi connectivity index (χ0v) is 16.0. The molecule has 3 heterocycles. The molecule has 7 heteroatoms. The van der Waals surface area contributed by atoms with Gasteiger partial charge in [0.05, 0.1) is 22.0 Å². The summed E-state index contributed by atoms with van der Waals surface area (Å²) in [5.74, 6) is -0.0149. The van der Waals surface area contributed by atoms with E-state index in [1.54, 1.807) is 60.7 Å². The van der Waals surface area contributed by atoms with Crippen LogP contribution in [0.4, 0.5) is 0 Å². The molecule has 0 saturated carbocycles. The largest absolute Gasteiger partial charge is 0.508 e. The fraction of sp³-hybridized carbons (Fsp3) is 0.0417. The molecule has 1 aliphatic heterocycles. The van der Waals surface area contributed by atoms with E-state index >= 15 is 0 Å². The zero-order chi connectivity index (χ0) is 21.3. The predicted octanol–water partition coefficient (Wildman–Crippen LogP) is 2.92. The van der Waals surface area contributed by atoms with E-state index < -0.39 is 22.8 Å². The summed E-state index contributed by atoms with van der Waals surface area (Å²) < 4.78 is 8.10. The Bertz CT molecular complexity index is 1730. The number of aromatic hydroxyl groups is 1. The van der Waals surface area contributed by atoms with Gasteiger partial charge in [-0.3, -0.25) is 9.59 Å². The maximum absolute atomic E-state index is 13.6. The highest BCUT2D eigenvalue weighted by Crippen LogP contribution is 2.38. The third-order valence-corrected chi connectivity index (χ3v) is 5.74. The fourth-order valence-electron chi connectivity index (χ4n) is 4.47. The molecule has 0 saturated heterocycles. The van der Waals surface area contributed by atoms with Gasteiger partial charge in [-0.05, 0) is 42.0 Å². The first-order valence-electron chi connectivity index (χ1n) is 9.68. The number of phenols is 1. The Kier molecular flexibility index (Phi) is 3.41. The van der Waals surface area contributed by atoms with Crippen molar-refractivity contribution in [3.63, 3.8) is 0 Å². The SMILES string of the molecule is O=c1oc2ccccc2c2c1C(c1cccc(O)c1)n1c(=O)c3ccccc3c(=O)n1-2. The van der Waals surface area contributed by atoms with E-state index in [0.717, 1.165) is 0 Å². The number of hydrogen-bond donors (Lipinski definition) is 1. The van der Waals surface area contributed by atoms with Gasteiger partial charge in [0.2, 0.25) is 0 Å². The van der Waals surface area contributed by atoms with Crippen LogP contribution in [0.15, 0.2) is 91.6 Å². The molecule has 5 aromatic rings. The second-order valence-corrected chi connectivity index (χ2v) is 7.46. The Balaban J connectivity index is 1.90. The molecule has 1 unspecified atom stereocenters. The highest BCUT2D eigenvalue weighted by atomic mass is 16.4. The van der Waals surface area contributed by atoms with E-state index in [4.69, 9.17) is 4.42 Å². The van der Waals surface area contributed by atoms with Crippen LogP contribution in [0.1, 0.15) is 17.2 Å². The summed E-state index contributed by atoms with van der Waals surface area (Å²) in [6.45, 7) is 0. The first-order valence-corrected chi connectivity index (χ1v) is 9.68. The molecule has 2 aromatic heterocycles. The summed E-state index contributed by atoms with van der Waals surface area (Å²) in [4.78, 5) is 40.2. The van der Waals surface area contributed by atoms with E-state index in [0.29, 0.717) is 22.2 Å². The quantitative estimate of drug-likeness (QED) is 0.421. The molecule has 3 aromatic carbocycles. The molecule has 1 N–H and O–H groups in total. The van der Waals surface area contributed by atoms with Gasteiger partial charge in [0.1, 0.15) is 17.4 Å². The van der Waals surface area contributed by atoms with Gasteiger partial charge < -0.3 is 9.52 Å². The maximum atomic E-state index is 13.6.